The lowest BCUT2D eigenvalue weighted by molar-refractivity contribution is 0.468. The highest BCUT2D eigenvalue weighted by Crippen LogP contribution is 2.43. The van der Waals surface area contributed by atoms with Gasteiger partial charge in [-0.15, -0.1) is 0 Å². The highest BCUT2D eigenvalue weighted by Gasteiger charge is 2.25. The monoisotopic (exact) mass is 674 g/mol. The quantitative estimate of drug-likeness (QED) is 0.120. The number of para-hydroxylation sites is 2. The molecule has 5 heteroatoms. The zero-order chi connectivity index (χ0) is 36.1. The van der Waals surface area contributed by atoms with Crippen molar-refractivity contribution in [2.75, 3.05) is 76.0 Å². The predicted octanol–water partition coefficient (Wildman–Crippen LogP) is 10.1. The molecule has 0 amide bonds. The molecule has 6 aromatic carbocycles. The lowest BCUT2D eigenvalue weighted by Gasteiger charge is -2.26. The standard InChI is InChI=1S/C46H50N4O/c1-47(2)37-25-17-33(18-26-37)45(34-19-27-38(28-20-34)48(3)4)41-13-9-11-15-43(41)51-44-16-12-10-14-42(44)46(35-21-29-39(30-22-35)49(5)6)36-23-31-40(32-24-36)50(7)8/h9-32,45-46H,1-8H3. The first kappa shape index (κ1) is 35.2. The molecule has 6 aromatic rings. The van der Waals surface area contributed by atoms with Crippen LogP contribution >= 0.6 is 0 Å². The Morgan fingerprint density at radius 3 is 0.784 bits per heavy atom. The van der Waals surface area contributed by atoms with Gasteiger partial charge in [0.15, 0.2) is 0 Å². The van der Waals surface area contributed by atoms with E-state index in [0.717, 1.165) is 22.6 Å². The summed E-state index contributed by atoms with van der Waals surface area (Å²) in [6.07, 6.45) is 0. The molecule has 0 spiro atoms. The number of ether oxygens (including phenoxy) is 1. The summed E-state index contributed by atoms with van der Waals surface area (Å²) in [5.41, 5.74) is 11.7. The molecule has 0 saturated heterocycles. The van der Waals surface area contributed by atoms with Crippen LogP contribution in [0.15, 0.2) is 146 Å². The molecular formula is C46H50N4O. The second-order valence-electron chi connectivity index (χ2n) is 14.0. The van der Waals surface area contributed by atoms with Crippen molar-refractivity contribution in [2.45, 2.75) is 11.8 Å². The molecule has 0 aromatic heterocycles. The third-order valence-electron chi connectivity index (χ3n) is 9.65. The SMILES string of the molecule is CN(C)c1ccc(C(c2ccc(N(C)C)cc2)c2ccccc2Oc2ccccc2C(c2ccc(N(C)C)cc2)c2ccc(N(C)C)cc2)cc1. The molecular weight excluding hydrogens is 625 g/mol. The smallest absolute Gasteiger partial charge is 0.131 e. The van der Waals surface area contributed by atoms with Gasteiger partial charge in [-0.05, 0) is 82.9 Å². The lowest BCUT2D eigenvalue weighted by atomic mass is 9.84. The van der Waals surface area contributed by atoms with Crippen LogP contribution in [0.2, 0.25) is 0 Å². The van der Waals surface area contributed by atoms with Gasteiger partial charge in [0.2, 0.25) is 0 Å². The van der Waals surface area contributed by atoms with E-state index in [2.05, 4.69) is 222 Å². The van der Waals surface area contributed by atoms with E-state index >= 15 is 0 Å². The maximum Gasteiger partial charge on any atom is 0.131 e. The van der Waals surface area contributed by atoms with Crippen LogP contribution in [0.5, 0.6) is 11.5 Å². The van der Waals surface area contributed by atoms with Gasteiger partial charge in [-0.1, -0.05) is 84.9 Å². The maximum absolute atomic E-state index is 7.10. The molecule has 0 N–H and O–H groups in total. The van der Waals surface area contributed by atoms with E-state index in [0.29, 0.717) is 0 Å². The minimum atomic E-state index is -0.0336. The Morgan fingerprint density at radius 1 is 0.314 bits per heavy atom. The van der Waals surface area contributed by atoms with E-state index in [4.69, 9.17) is 4.74 Å². The highest BCUT2D eigenvalue weighted by molar-refractivity contribution is 5.59. The maximum atomic E-state index is 7.10. The second-order valence-corrected chi connectivity index (χ2v) is 14.0. The summed E-state index contributed by atoms with van der Waals surface area (Å²) < 4.78 is 7.10. The second kappa shape index (κ2) is 15.5. The Bertz CT molecular complexity index is 1760. The van der Waals surface area contributed by atoms with E-state index in [9.17, 15) is 0 Å². The van der Waals surface area contributed by atoms with Gasteiger partial charge in [0.05, 0.1) is 0 Å². The molecule has 0 bridgehead atoms. The third-order valence-corrected chi connectivity index (χ3v) is 9.65. The minimum Gasteiger partial charge on any atom is -0.457 e. The van der Waals surface area contributed by atoms with E-state index in [1.165, 1.54) is 45.0 Å². The first-order valence-electron chi connectivity index (χ1n) is 17.6. The van der Waals surface area contributed by atoms with Crippen LogP contribution in [-0.2, 0) is 0 Å². The van der Waals surface area contributed by atoms with Crippen LogP contribution in [0, 0.1) is 0 Å². The topological polar surface area (TPSA) is 22.2 Å². The van der Waals surface area contributed by atoms with Crippen LogP contribution in [0.1, 0.15) is 45.2 Å². The van der Waals surface area contributed by atoms with Gasteiger partial charge in [0.1, 0.15) is 11.5 Å². The van der Waals surface area contributed by atoms with Gasteiger partial charge in [-0.2, -0.15) is 0 Å². The minimum absolute atomic E-state index is 0.0336. The summed E-state index contributed by atoms with van der Waals surface area (Å²) in [4.78, 5) is 8.54. The first-order chi connectivity index (χ1) is 24.6. The van der Waals surface area contributed by atoms with Crippen LogP contribution in [0.25, 0.3) is 0 Å². The van der Waals surface area contributed by atoms with E-state index < -0.39 is 0 Å². The molecule has 0 radical (unpaired) electrons. The van der Waals surface area contributed by atoms with E-state index in [1.807, 2.05) is 0 Å². The van der Waals surface area contributed by atoms with Crippen molar-refractivity contribution in [1.29, 1.82) is 0 Å². The number of rotatable bonds is 12. The Hall–Kier alpha value is -5.68. The summed E-state index contributed by atoms with van der Waals surface area (Å²) in [5, 5.41) is 0. The molecule has 260 valence electrons. The Kier molecular flexibility index (Phi) is 10.7. The number of benzene rings is 6. The molecule has 0 aliphatic carbocycles. The van der Waals surface area contributed by atoms with Gasteiger partial charge in [-0.3, -0.25) is 0 Å². The summed E-state index contributed by atoms with van der Waals surface area (Å²) >= 11 is 0. The number of hydrogen-bond acceptors (Lipinski definition) is 5. The number of nitrogens with zero attached hydrogens (tertiary/aromatic N) is 4. The van der Waals surface area contributed by atoms with Crippen molar-refractivity contribution < 1.29 is 4.74 Å². The predicted molar refractivity (Wildman–Crippen MR) is 218 cm³/mol. The van der Waals surface area contributed by atoms with Crippen LogP contribution in [-0.4, -0.2) is 56.4 Å². The molecule has 0 fully saturated rings. The van der Waals surface area contributed by atoms with Crippen molar-refractivity contribution in [1.82, 2.24) is 0 Å². The molecule has 0 saturated carbocycles. The molecule has 0 aliphatic heterocycles. The number of anilines is 4. The average molecular weight is 675 g/mol. The van der Waals surface area contributed by atoms with Gasteiger partial charge in [0, 0.05) is 102 Å². The van der Waals surface area contributed by atoms with Gasteiger partial charge >= 0.3 is 0 Å². The van der Waals surface area contributed by atoms with Crippen molar-refractivity contribution >= 4 is 22.7 Å². The fraction of sp³-hybridized carbons (Fsp3) is 0.217. The fourth-order valence-corrected chi connectivity index (χ4v) is 6.71. The van der Waals surface area contributed by atoms with E-state index in [-0.39, 0.29) is 11.8 Å². The first-order valence-corrected chi connectivity index (χ1v) is 17.6. The Labute approximate surface area is 305 Å². The largest absolute Gasteiger partial charge is 0.457 e. The van der Waals surface area contributed by atoms with Crippen LogP contribution < -0.4 is 24.3 Å². The molecule has 51 heavy (non-hydrogen) atoms. The summed E-state index contributed by atoms with van der Waals surface area (Å²) in [7, 11) is 16.6. The van der Waals surface area contributed by atoms with Gasteiger partial charge < -0.3 is 24.3 Å². The van der Waals surface area contributed by atoms with Gasteiger partial charge in [-0.25, -0.2) is 0 Å². The zero-order valence-electron chi connectivity index (χ0n) is 31.2. The van der Waals surface area contributed by atoms with Crippen molar-refractivity contribution in [3.8, 4) is 11.5 Å². The summed E-state index contributed by atoms with van der Waals surface area (Å²) in [6, 6.07) is 52.5. The normalized spacial score (nSPS) is 11.1. The fourth-order valence-electron chi connectivity index (χ4n) is 6.71. The molecule has 6 rings (SSSR count). The summed E-state index contributed by atoms with van der Waals surface area (Å²) in [5.74, 6) is 1.61. The molecule has 0 heterocycles. The average Bonchev–Trinajstić information content (AvgIpc) is 3.14. The third kappa shape index (κ3) is 7.89. The zero-order valence-corrected chi connectivity index (χ0v) is 31.2. The van der Waals surface area contributed by atoms with Crippen LogP contribution in [0.4, 0.5) is 22.7 Å². The summed E-state index contributed by atoms with van der Waals surface area (Å²) in [6.45, 7) is 0. The van der Waals surface area contributed by atoms with Gasteiger partial charge in [0.25, 0.3) is 0 Å². The number of hydrogen-bond donors (Lipinski definition) is 0. The van der Waals surface area contributed by atoms with Crippen molar-refractivity contribution in [3.63, 3.8) is 0 Å². The molecule has 0 atom stereocenters. The van der Waals surface area contributed by atoms with Crippen molar-refractivity contribution in [2.24, 2.45) is 0 Å². The molecule has 0 unspecified atom stereocenters. The lowest BCUT2D eigenvalue weighted by Crippen LogP contribution is -2.11. The van der Waals surface area contributed by atoms with E-state index in [1.54, 1.807) is 0 Å². The highest BCUT2D eigenvalue weighted by atomic mass is 16.5. The van der Waals surface area contributed by atoms with Crippen LogP contribution in [0.3, 0.4) is 0 Å². The van der Waals surface area contributed by atoms with Crippen molar-refractivity contribution in [3.05, 3.63) is 179 Å². The Balaban J connectivity index is 1.46. The Morgan fingerprint density at radius 2 is 0.549 bits per heavy atom. The molecule has 0 aliphatic rings. The molecule has 5 nitrogen and oxygen atoms in total.